The predicted molar refractivity (Wildman–Crippen MR) is 61.4 cm³/mol. The molecule has 0 bridgehead atoms. The summed E-state index contributed by atoms with van der Waals surface area (Å²) in [6, 6.07) is 0. The van der Waals surface area contributed by atoms with E-state index < -0.39 is 0 Å². The van der Waals surface area contributed by atoms with Crippen LogP contribution in [0.4, 0.5) is 0 Å². The molecule has 0 aliphatic carbocycles. The summed E-state index contributed by atoms with van der Waals surface area (Å²) in [5.74, 6) is 0. The van der Waals surface area contributed by atoms with E-state index in [9.17, 15) is 0 Å². The van der Waals surface area contributed by atoms with Crippen molar-refractivity contribution in [3.63, 3.8) is 0 Å². The van der Waals surface area contributed by atoms with Crippen LogP contribution in [0.25, 0.3) is 0 Å². The summed E-state index contributed by atoms with van der Waals surface area (Å²) in [6.45, 7) is 0. The van der Waals surface area contributed by atoms with E-state index in [2.05, 4.69) is 11.7 Å². The lowest BCUT2D eigenvalue weighted by molar-refractivity contribution is 5.70. The molecule has 0 spiro atoms. The van der Waals surface area contributed by atoms with Gasteiger partial charge in [0.1, 0.15) is 0 Å². The zero-order chi connectivity index (χ0) is 6.41. The summed E-state index contributed by atoms with van der Waals surface area (Å²) < 4.78 is 0. The van der Waals surface area contributed by atoms with Gasteiger partial charge in [-0.05, 0) is 29.5 Å². The summed E-state index contributed by atoms with van der Waals surface area (Å²) in [5, 5.41) is 0. The second kappa shape index (κ2) is 7.64. The Morgan fingerprint density at radius 2 is 1.88 bits per heavy atom. The van der Waals surface area contributed by atoms with Gasteiger partial charge in [-0.25, -0.2) is 22.4 Å². The molecule has 0 saturated carbocycles. The highest BCUT2D eigenvalue weighted by molar-refractivity contribution is 9.41. The van der Waals surface area contributed by atoms with Gasteiger partial charge in [0, 0.05) is 0 Å². The minimum absolute atomic E-state index is 0.339. The standard InChI is InChI=1S/HS8/c1-4-5-6-7-8(2)3/h1H/q-1. The summed E-state index contributed by atoms with van der Waals surface area (Å²) in [5.41, 5.74) is 0. The molecule has 8 heavy (non-hydrogen) atoms. The lowest BCUT2D eigenvalue weighted by Crippen LogP contribution is -1.43. The van der Waals surface area contributed by atoms with E-state index in [0.717, 1.165) is 0 Å². The third kappa shape index (κ3) is 8.54. The van der Waals surface area contributed by atoms with Crippen LogP contribution >= 0.6 is 51.0 Å². The summed E-state index contributed by atoms with van der Waals surface area (Å²) in [4.78, 5) is 0. The first-order valence-corrected chi connectivity index (χ1v) is 10.6. The highest BCUT2D eigenvalue weighted by atomic mass is 33.9. The largest absolute Gasteiger partial charge is 0.282 e. The Balaban J connectivity index is 2.94. The second-order valence-corrected chi connectivity index (χ2v) is 13.0. The van der Waals surface area contributed by atoms with Gasteiger partial charge in [-0.1, -0.05) is 11.7 Å². The molecule has 0 radical (unpaired) electrons. The lowest BCUT2D eigenvalue weighted by Gasteiger charge is -1.97. The van der Waals surface area contributed by atoms with Crippen LogP contribution in [0, 0.1) is 0 Å². The monoisotopic (exact) mass is 257 g/mol. The maximum absolute atomic E-state index is 4.73. The summed E-state index contributed by atoms with van der Waals surface area (Å²) in [6.07, 6.45) is 0. The minimum atomic E-state index is -0.339. The molecular formula is HS8-. The zero-order valence-electron chi connectivity index (χ0n) is 3.30. The minimum Gasteiger partial charge on any atom is -0.282 e. The third-order valence-corrected chi connectivity index (χ3v) is 11.5. The van der Waals surface area contributed by atoms with E-state index in [1.54, 1.807) is 19.7 Å². The van der Waals surface area contributed by atoms with Crippen LogP contribution in [0.15, 0.2) is 0 Å². The van der Waals surface area contributed by atoms with Crippen molar-refractivity contribution in [1.29, 1.82) is 0 Å². The van der Waals surface area contributed by atoms with Gasteiger partial charge in [0.05, 0.1) is 0 Å². The van der Waals surface area contributed by atoms with Crippen LogP contribution < -0.4 is 0 Å². The quantitative estimate of drug-likeness (QED) is 0.353. The number of hydrogen-bond acceptors (Lipinski definition) is 8. The average Bonchev–Trinajstić information content (AvgIpc) is 1.66. The predicted octanol–water partition coefficient (Wildman–Crippen LogP) is 2.97. The van der Waals surface area contributed by atoms with Crippen molar-refractivity contribution in [2.24, 2.45) is 0 Å². The summed E-state index contributed by atoms with van der Waals surface area (Å²) in [7, 11) is 5.75. The van der Waals surface area contributed by atoms with Gasteiger partial charge in [-0.2, -0.15) is 9.83 Å². The van der Waals surface area contributed by atoms with Gasteiger partial charge in [-0.15, -0.1) is 0 Å². The molecule has 0 atom stereocenters. The van der Waals surface area contributed by atoms with Crippen molar-refractivity contribution < 1.29 is 0 Å². The van der Waals surface area contributed by atoms with Gasteiger partial charge >= 0.3 is 0 Å². The zero-order valence-corrected chi connectivity index (χ0v) is 9.91. The normalized spacial score (nSPS) is 10.2. The van der Waals surface area contributed by atoms with Crippen LogP contribution in [0.3, 0.4) is 0 Å². The summed E-state index contributed by atoms with van der Waals surface area (Å²) >= 11 is 13.4. The highest BCUT2D eigenvalue weighted by Gasteiger charge is 1.77. The maximum Gasteiger partial charge on any atom is -0.00371 e. The Kier molecular flexibility index (Phi) is 10.1. The second-order valence-electron chi connectivity index (χ2n) is 0.483. The van der Waals surface area contributed by atoms with Crippen molar-refractivity contribution in [2.75, 3.05) is 0 Å². The molecule has 0 N–H and O–H groups in total. The third-order valence-electron chi connectivity index (χ3n) is 0.142. The van der Waals surface area contributed by atoms with Crippen LogP contribution in [-0.4, -0.2) is 0 Å². The highest BCUT2D eigenvalue weighted by Crippen LogP contribution is 2.44. The molecule has 0 amide bonds. The smallest absolute Gasteiger partial charge is 0.00371 e. The van der Waals surface area contributed by atoms with Crippen LogP contribution in [0.2, 0.25) is 0 Å². The van der Waals surface area contributed by atoms with Crippen LogP contribution in [0.1, 0.15) is 0 Å². The fraction of sp³-hybridized carbons (Fsp3) is 0. The Morgan fingerprint density at radius 1 is 1.25 bits per heavy atom. The lowest BCUT2D eigenvalue weighted by atomic mass is 30.2. The van der Waals surface area contributed by atoms with Crippen molar-refractivity contribution in [1.82, 2.24) is 0 Å². The van der Waals surface area contributed by atoms with Crippen LogP contribution in [-0.2, 0) is 29.4 Å². The topological polar surface area (TPSA) is 0 Å². The average molecular weight is 258 g/mol. The first-order valence-electron chi connectivity index (χ1n) is 1.18. The Bertz CT molecular complexity index is 88.6. The molecule has 0 aromatic carbocycles. The Hall–Kier alpha value is 2.54. The van der Waals surface area contributed by atoms with Gasteiger partial charge in [0.25, 0.3) is 0 Å². The molecule has 0 saturated heterocycles. The molecule has 0 nitrogen and oxygen atoms in total. The molecule has 0 rings (SSSR count). The molecule has 0 aliphatic heterocycles. The van der Waals surface area contributed by atoms with Crippen molar-refractivity contribution in [2.45, 2.75) is 0 Å². The van der Waals surface area contributed by atoms with E-state index in [1.807, 2.05) is 0 Å². The molecule has 0 unspecified atom stereocenters. The van der Waals surface area contributed by atoms with Gasteiger partial charge in [0.2, 0.25) is 0 Å². The first-order chi connectivity index (χ1) is 3.77. The first kappa shape index (κ1) is 10.5. The number of rotatable bonds is 4. The van der Waals surface area contributed by atoms with E-state index >= 15 is 0 Å². The van der Waals surface area contributed by atoms with Crippen LogP contribution in [0.5, 0.6) is 0 Å². The van der Waals surface area contributed by atoms with E-state index in [-0.39, 0.29) is 7.05 Å². The van der Waals surface area contributed by atoms with Crippen molar-refractivity contribution in [3.8, 4) is 0 Å². The fourth-order valence-electron chi connectivity index (χ4n) is 0.0464. The van der Waals surface area contributed by atoms with E-state index in [4.69, 9.17) is 22.4 Å². The molecule has 0 aromatic heterocycles. The molecule has 0 heterocycles. The van der Waals surface area contributed by atoms with E-state index in [1.165, 1.54) is 19.7 Å². The maximum atomic E-state index is 4.73. The van der Waals surface area contributed by atoms with Gasteiger partial charge < -0.3 is 0 Å². The Morgan fingerprint density at radius 3 is 2.25 bits per heavy atom. The molecule has 0 aromatic rings. The fourth-order valence-corrected chi connectivity index (χ4v) is 11.3. The molecule has 50 valence electrons. The van der Waals surface area contributed by atoms with Crippen molar-refractivity contribution in [3.05, 3.63) is 0 Å². The SMILES string of the molecule is S=[S-](=S)SSSSS. The van der Waals surface area contributed by atoms with Gasteiger partial charge in [-0.3, -0.25) is 7.05 Å². The molecule has 0 fully saturated rings. The molecular weight excluding hydrogens is 257 g/mol. The molecule has 8 heteroatoms. The Labute approximate surface area is 79.3 Å². The number of thiol groups is 1. The number of hydrogen-bond donors (Lipinski definition) is 1. The van der Waals surface area contributed by atoms with Gasteiger partial charge in [0.15, 0.2) is 0 Å². The van der Waals surface area contributed by atoms with Crippen molar-refractivity contribution >= 4 is 80.4 Å². The molecule has 0 aliphatic rings. The van der Waals surface area contributed by atoms with E-state index in [0.29, 0.717) is 0 Å².